The van der Waals surface area contributed by atoms with Gasteiger partial charge in [-0.25, -0.2) is 4.79 Å². The normalized spacial score (nSPS) is 15.1. The van der Waals surface area contributed by atoms with Gasteiger partial charge in [0.1, 0.15) is 48.3 Å². The first-order chi connectivity index (χ1) is 35.5. The second-order valence-electron chi connectivity index (χ2n) is 19.4. The first-order valence-corrected chi connectivity index (χ1v) is 25.3. The highest BCUT2D eigenvalue weighted by Crippen LogP contribution is 2.13. The number of hydrogen-bond donors (Lipinski definition) is 16. The molecule has 29 nitrogen and oxygen atoms in total. The van der Waals surface area contributed by atoms with Gasteiger partial charge in [0.2, 0.25) is 59.1 Å². The Bertz CT molecular complexity index is 2010. The molecule has 0 aliphatic carbocycles. The molecule has 21 N–H and O–H groups in total. The van der Waals surface area contributed by atoms with Gasteiger partial charge < -0.3 is 86.5 Å². The summed E-state index contributed by atoms with van der Waals surface area (Å²) in [6.07, 6.45) is -2.14. The molecule has 10 amide bonds. The highest BCUT2D eigenvalue weighted by atomic mass is 16.4. The van der Waals surface area contributed by atoms with Crippen LogP contribution in [0.25, 0.3) is 0 Å². The Kier molecular flexibility index (Phi) is 32.7. The van der Waals surface area contributed by atoms with Gasteiger partial charge in [0.15, 0.2) is 0 Å². The van der Waals surface area contributed by atoms with Gasteiger partial charge in [0.05, 0.1) is 25.3 Å². The van der Waals surface area contributed by atoms with E-state index in [0.717, 1.165) is 0 Å². The number of carboxylic acid groups (broad SMARTS) is 3. The van der Waals surface area contributed by atoms with E-state index in [-0.39, 0.29) is 56.9 Å². The fourth-order valence-electron chi connectivity index (χ4n) is 7.40. The predicted molar refractivity (Wildman–Crippen MR) is 272 cm³/mol. The number of carbonyl (C=O) groups excluding carboxylic acids is 10. The molecule has 10 atom stereocenters. The Hall–Kier alpha value is -7.01. The number of carboxylic acids is 3. The molecule has 0 fully saturated rings. The Balaban J connectivity index is 6.80. The van der Waals surface area contributed by atoms with Crippen molar-refractivity contribution in [3.8, 4) is 0 Å². The lowest BCUT2D eigenvalue weighted by Crippen LogP contribution is -2.62. The Labute approximate surface area is 441 Å². The molecular weight excluding hydrogens is 1000 g/mol. The van der Waals surface area contributed by atoms with E-state index in [1.165, 1.54) is 6.92 Å². The van der Waals surface area contributed by atoms with Crippen molar-refractivity contribution in [3.63, 3.8) is 0 Å². The van der Waals surface area contributed by atoms with Crippen molar-refractivity contribution in [2.24, 2.45) is 46.4 Å². The molecule has 0 aromatic carbocycles. The lowest BCUT2D eigenvalue weighted by atomic mass is 9.96. The van der Waals surface area contributed by atoms with E-state index in [1.54, 1.807) is 34.6 Å². The second kappa shape index (κ2) is 36.1. The van der Waals surface area contributed by atoms with Crippen LogP contribution < -0.4 is 71.2 Å². The van der Waals surface area contributed by atoms with Gasteiger partial charge in [-0.15, -0.1) is 0 Å². The molecule has 29 heteroatoms. The van der Waals surface area contributed by atoms with Gasteiger partial charge >= 0.3 is 17.9 Å². The molecule has 76 heavy (non-hydrogen) atoms. The maximum atomic E-state index is 14.1. The second-order valence-corrected chi connectivity index (χ2v) is 19.4. The van der Waals surface area contributed by atoms with Crippen LogP contribution in [0.3, 0.4) is 0 Å². The van der Waals surface area contributed by atoms with Crippen molar-refractivity contribution in [1.82, 2.24) is 42.5 Å². The quantitative estimate of drug-likeness (QED) is 0.0259. The van der Waals surface area contributed by atoms with Crippen LogP contribution in [-0.4, -0.2) is 160 Å². The smallest absolute Gasteiger partial charge is 0.326 e. The zero-order chi connectivity index (χ0) is 58.4. The maximum absolute atomic E-state index is 14.1. The topological polar surface area (TPSA) is 509 Å². The molecule has 0 aliphatic heterocycles. The largest absolute Gasteiger partial charge is 0.481 e. The molecule has 0 rings (SSSR count). The number of hydrogen-bond acceptors (Lipinski definition) is 16. The third-order valence-electron chi connectivity index (χ3n) is 11.7. The number of amides is 10. The van der Waals surface area contributed by atoms with Crippen LogP contribution in [0, 0.1) is 17.8 Å². The molecule has 0 heterocycles. The first kappa shape index (κ1) is 69.0. The van der Waals surface area contributed by atoms with Crippen LogP contribution >= 0.6 is 0 Å². The summed E-state index contributed by atoms with van der Waals surface area (Å²) >= 11 is 0. The summed E-state index contributed by atoms with van der Waals surface area (Å²) in [5, 5.41) is 47.4. The highest BCUT2D eigenvalue weighted by Gasteiger charge is 2.37. The van der Waals surface area contributed by atoms with Gasteiger partial charge in [0, 0.05) is 6.42 Å². The zero-order valence-corrected chi connectivity index (χ0v) is 44.3. The summed E-state index contributed by atoms with van der Waals surface area (Å²) in [5.74, 6) is -16.3. The molecule has 0 unspecified atom stereocenters. The van der Waals surface area contributed by atoms with Crippen LogP contribution in [0.2, 0.25) is 0 Å². The Morgan fingerprint density at radius 1 is 0.421 bits per heavy atom. The SMILES string of the molecule is CC[C@H](C)[C@H](NC(=O)[C@H](CC(N)=O)NC(=O)[C@H](CCC(=O)O)NC(=O)[C@H](CC(C)C)NC(=O)[C@@H](N)CCCCN)C(=O)N[C@@H](CC(N)=O)C(=O)N[C@@H](CCCCN)C(=O)N[C@@H](CC(=O)O)C(=O)N[C@@H](CC(C)C)C(=O)O. The molecule has 0 aromatic heterocycles. The van der Waals surface area contributed by atoms with Crippen LogP contribution in [-0.2, 0) is 62.3 Å². The molecule has 0 saturated heterocycles. The third kappa shape index (κ3) is 28.0. The van der Waals surface area contributed by atoms with Crippen LogP contribution in [0.1, 0.15) is 131 Å². The van der Waals surface area contributed by atoms with Crippen molar-refractivity contribution in [2.75, 3.05) is 13.1 Å². The molecule has 0 spiro atoms. The fourth-order valence-corrected chi connectivity index (χ4v) is 7.40. The summed E-state index contributed by atoms with van der Waals surface area (Å²) in [5.41, 5.74) is 28.1. The van der Waals surface area contributed by atoms with Crippen LogP contribution in [0.5, 0.6) is 0 Å². The average molecular weight is 1090 g/mol. The Morgan fingerprint density at radius 2 is 0.789 bits per heavy atom. The number of nitrogens with one attached hydrogen (secondary N) is 8. The minimum absolute atomic E-state index is 0.0415. The summed E-state index contributed by atoms with van der Waals surface area (Å²) in [7, 11) is 0. The number of rotatable bonds is 40. The van der Waals surface area contributed by atoms with Crippen LogP contribution in [0.4, 0.5) is 0 Å². The first-order valence-electron chi connectivity index (χ1n) is 25.3. The van der Waals surface area contributed by atoms with Gasteiger partial charge in [-0.3, -0.25) is 57.5 Å². The third-order valence-corrected chi connectivity index (χ3v) is 11.7. The minimum Gasteiger partial charge on any atom is -0.481 e. The number of nitrogens with two attached hydrogens (primary N) is 5. The van der Waals surface area contributed by atoms with Crippen molar-refractivity contribution >= 4 is 77.0 Å². The van der Waals surface area contributed by atoms with E-state index >= 15 is 0 Å². The molecule has 432 valence electrons. The average Bonchev–Trinajstić information content (AvgIpc) is 3.31. The van der Waals surface area contributed by atoms with Crippen molar-refractivity contribution in [3.05, 3.63) is 0 Å². The molecule has 0 saturated carbocycles. The minimum atomic E-state index is -1.87. The van der Waals surface area contributed by atoms with Crippen LogP contribution in [0.15, 0.2) is 0 Å². The van der Waals surface area contributed by atoms with Crippen molar-refractivity contribution < 1.29 is 77.6 Å². The van der Waals surface area contributed by atoms with E-state index < -0.39 is 169 Å². The maximum Gasteiger partial charge on any atom is 0.326 e. The number of aliphatic carboxylic acids is 3. The standard InChI is InChI=1S/C47H83N13O16/c1-7-25(6)38(60-45(73)31(21-35(52)62)56-41(69)28(14-15-36(63)64)54-42(70)29(18-23(2)3)55-39(67)26(50)12-8-10-16-48)46(74)58-30(20-34(51)61)43(71)53-27(13-9-11-17-49)40(68)57-32(22-37(65)66)44(72)59-33(47(75)76)19-24(4)5/h23-33,38H,7-22,48-50H2,1-6H3,(H2,51,61)(H2,52,62)(H,53,71)(H,54,70)(H,55,67)(H,56,69)(H,57,68)(H,58,74)(H,59,72)(H,60,73)(H,63,64)(H,65,66)(H,75,76)/t25-,26-,27-,28-,29-,30-,31-,32-,33-,38-/m0/s1. The summed E-state index contributed by atoms with van der Waals surface area (Å²) in [6, 6.07) is -14.2. The Morgan fingerprint density at radius 3 is 1.21 bits per heavy atom. The summed E-state index contributed by atoms with van der Waals surface area (Å²) < 4.78 is 0. The lowest BCUT2D eigenvalue weighted by molar-refractivity contribution is -0.144. The number of unbranched alkanes of at least 4 members (excludes halogenated alkanes) is 2. The van der Waals surface area contributed by atoms with E-state index in [9.17, 15) is 77.6 Å². The van der Waals surface area contributed by atoms with Gasteiger partial charge in [-0.2, -0.15) is 0 Å². The van der Waals surface area contributed by atoms with Gasteiger partial charge in [-0.05, 0) is 82.2 Å². The lowest BCUT2D eigenvalue weighted by Gasteiger charge is -2.29. The van der Waals surface area contributed by atoms with Crippen molar-refractivity contribution in [2.45, 2.75) is 186 Å². The zero-order valence-electron chi connectivity index (χ0n) is 44.3. The molecule has 0 bridgehead atoms. The van der Waals surface area contributed by atoms with E-state index in [4.69, 9.17) is 28.7 Å². The fraction of sp³-hybridized carbons (Fsp3) is 0.723. The van der Waals surface area contributed by atoms with E-state index in [2.05, 4.69) is 42.5 Å². The van der Waals surface area contributed by atoms with Gasteiger partial charge in [0.25, 0.3) is 0 Å². The monoisotopic (exact) mass is 1090 g/mol. The molecule has 0 aliphatic rings. The summed E-state index contributed by atoms with van der Waals surface area (Å²) in [6.45, 7) is 10.5. The van der Waals surface area contributed by atoms with Gasteiger partial charge in [-0.1, -0.05) is 54.4 Å². The van der Waals surface area contributed by atoms with Crippen molar-refractivity contribution in [1.29, 1.82) is 0 Å². The van der Waals surface area contributed by atoms with E-state index in [0.29, 0.717) is 25.8 Å². The molecule has 0 aromatic rings. The van der Waals surface area contributed by atoms with E-state index in [1.807, 2.05) is 0 Å². The summed E-state index contributed by atoms with van der Waals surface area (Å²) in [4.78, 5) is 169. The number of primary amides is 2. The molecule has 0 radical (unpaired) electrons. The highest BCUT2D eigenvalue weighted by molar-refractivity contribution is 6.00. The predicted octanol–water partition coefficient (Wildman–Crippen LogP) is -4.24. The number of carbonyl (C=O) groups is 13. The molecular formula is C47H83N13O16.